The van der Waals surface area contributed by atoms with Crippen LogP contribution in [0.1, 0.15) is 200 Å². The lowest BCUT2D eigenvalue weighted by atomic mass is 9.99. The van der Waals surface area contributed by atoms with Crippen molar-refractivity contribution >= 4 is 11.9 Å². The lowest BCUT2D eigenvalue weighted by Gasteiger charge is -2.39. The molecule has 6 atom stereocenters. The lowest BCUT2D eigenvalue weighted by molar-refractivity contribution is -0.305. The highest BCUT2D eigenvalue weighted by molar-refractivity contribution is 5.70. The molecule has 1 fully saturated rings. The Labute approximate surface area is 317 Å². The van der Waals surface area contributed by atoms with Crippen molar-refractivity contribution in [1.82, 2.24) is 0 Å². The van der Waals surface area contributed by atoms with Gasteiger partial charge >= 0.3 is 11.9 Å². The zero-order chi connectivity index (χ0) is 38.1. The van der Waals surface area contributed by atoms with Crippen LogP contribution in [0.15, 0.2) is 0 Å². The summed E-state index contributed by atoms with van der Waals surface area (Å²) < 4.78 is 22.1. The predicted molar refractivity (Wildman–Crippen MR) is 206 cm³/mol. The number of esters is 2. The molecular formula is C42H80O10. The Balaban J connectivity index is 2.33. The molecule has 1 heterocycles. The Morgan fingerprint density at radius 3 is 1.31 bits per heavy atom. The number of rotatable bonds is 36. The third kappa shape index (κ3) is 25.7. The quantitative estimate of drug-likeness (QED) is 0.0363. The molecule has 1 rings (SSSR count). The second-order valence-corrected chi connectivity index (χ2v) is 15.2. The average Bonchev–Trinajstić information content (AvgIpc) is 3.14. The van der Waals surface area contributed by atoms with Gasteiger partial charge in [-0.25, -0.2) is 0 Å². The first-order valence-corrected chi connectivity index (χ1v) is 21.6. The lowest BCUT2D eigenvalue weighted by Crippen LogP contribution is -2.59. The van der Waals surface area contributed by atoms with Gasteiger partial charge in [0.1, 0.15) is 31.0 Å². The molecule has 0 spiro atoms. The van der Waals surface area contributed by atoms with E-state index < -0.39 is 49.4 Å². The fourth-order valence-electron chi connectivity index (χ4n) is 6.78. The number of carbonyl (C=O) groups is 2. The molecule has 1 saturated heterocycles. The first-order valence-electron chi connectivity index (χ1n) is 21.6. The third-order valence-electron chi connectivity index (χ3n) is 10.2. The molecule has 0 aromatic carbocycles. The molecule has 10 heteroatoms. The van der Waals surface area contributed by atoms with Crippen LogP contribution in [-0.2, 0) is 28.5 Å². The van der Waals surface area contributed by atoms with E-state index in [0.29, 0.717) is 6.42 Å². The molecular weight excluding hydrogens is 664 g/mol. The van der Waals surface area contributed by atoms with Gasteiger partial charge in [0.2, 0.25) is 0 Å². The van der Waals surface area contributed by atoms with Gasteiger partial charge in [0.25, 0.3) is 0 Å². The van der Waals surface area contributed by atoms with Crippen molar-refractivity contribution in [2.24, 2.45) is 0 Å². The number of aliphatic hydroxyl groups is 4. The van der Waals surface area contributed by atoms with Gasteiger partial charge in [-0.15, -0.1) is 0 Å². The molecule has 0 saturated carbocycles. The van der Waals surface area contributed by atoms with Crippen molar-refractivity contribution in [3.05, 3.63) is 0 Å². The molecule has 1 aliphatic rings. The summed E-state index contributed by atoms with van der Waals surface area (Å²) in [7, 11) is 0. The zero-order valence-corrected chi connectivity index (χ0v) is 33.3. The number of carbonyl (C=O) groups excluding carboxylic acids is 2. The van der Waals surface area contributed by atoms with Crippen LogP contribution in [0.25, 0.3) is 0 Å². The molecule has 0 aliphatic carbocycles. The molecule has 4 N–H and O–H groups in total. The summed E-state index contributed by atoms with van der Waals surface area (Å²) in [5.41, 5.74) is 0. The maximum atomic E-state index is 12.7. The standard InChI is InChI=1S/C42H80O10/c1-3-5-7-9-11-13-15-17-18-19-21-23-25-27-29-31-38(45)51-35(34-50-42-41(48)40(47)39(46)36(32-43)52-42)33-49-37(44)30-28-26-24-22-20-16-14-12-10-8-6-4-2/h35-36,39-43,46-48H,3-34H2,1-2H3/t35-,36-,39+,40+,41-,42-/m1/s1. The summed E-state index contributed by atoms with van der Waals surface area (Å²) in [6.07, 6.45) is 25.3. The van der Waals surface area contributed by atoms with E-state index in [9.17, 15) is 30.0 Å². The van der Waals surface area contributed by atoms with E-state index in [0.717, 1.165) is 38.5 Å². The highest BCUT2D eigenvalue weighted by atomic mass is 16.7. The van der Waals surface area contributed by atoms with Gasteiger partial charge < -0.3 is 39.4 Å². The molecule has 52 heavy (non-hydrogen) atoms. The average molecular weight is 745 g/mol. The normalized spacial score (nSPS) is 20.9. The molecule has 0 radical (unpaired) electrons. The Morgan fingerprint density at radius 1 is 0.519 bits per heavy atom. The largest absolute Gasteiger partial charge is 0.462 e. The number of unbranched alkanes of at least 4 members (excludes halogenated alkanes) is 25. The second-order valence-electron chi connectivity index (χ2n) is 15.2. The minimum absolute atomic E-state index is 0.209. The Bertz CT molecular complexity index is 825. The monoisotopic (exact) mass is 745 g/mol. The fourth-order valence-corrected chi connectivity index (χ4v) is 6.78. The topological polar surface area (TPSA) is 152 Å². The van der Waals surface area contributed by atoms with Gasteiger partial charge in [0.15, 0.2) is 12.4 Å². The van der Waals surface area contributed by atoms with Crippen LogP contribution >= 0.6 is 0 Å². The van der Waals surface area contributed by atoms with Crippen molar-refractivity contribution in [2.75, 3.05) is 19.8 Å². The minimum atomic E-state index is -1.59. The molecule has 1 aliphatic heterocycles. The van der Waals surface area contributed by atoms with Gasteiger partial charge in [-0.05, 0) is 12.8 Å². The van der Waals surface area contributed by atoms with E-state index in [2.05, 4.69) is 13.8 Å². The van der Waals surface area contributed by atoms with E-state index in [1.165, 1.54) is 128 Å². The number of hydrogen-bond donors (Lipinski definition) is 4. The number of aliphatic hydroxyl groups excluding tert-OH is 4. The summed E-state index contributed by atoms with van der Waals surface area (Å²) in [6, 6.07) is 0. The van der Waals surface area contributed by atoms with Crippen molar-refractivity contribution < 1.29 is 49.0 Å². The van der Waals surface area contributed by atoms with Crippen LogP contribution < -0.4 is 0 Å². The van der Waals surface area contributed by atoms with E-state index in [-0.39, 0.29) is 32.0 Å². The second kappa shape index (κ2) is 34.2. The SMILES string of the molecule is CCCCCCCCCCCCCCCCCC(=O)O[C@H](COC(=O)CCCCCCCCCCCCCC)CO[C@@H]1O[C@H](CO)[C@H](O)[C@H](O)[C@H]1O. The summed E-state index contributed by atoms with van der Waals surface area (Å²) in [5.74, 6) is -0.794. The molecule has 0 aromatic rings. The van der Waals surface area contributed by atoms with Crippen molar-refractivity contribution in [1.29, 1.82) is 0 Å². The number of hydrogen-bond acceptors (Lipinski definition) is 10. The highest BCUT2D eigenvalue weighted by Gasteiger charge is 2.44. The summed E-state index contributed by atoms with van der Waals surface area (Å²) >= 11 is 0. The third-order valence-corrected chi connectivity index (χ3v) is 10.2. The van der Waals surface area contributed by atoms with E-state index in [1.54, 1.807) is 0 Å². The molecule has 0 amide bonds. The zero-order valence-electron chi connectivity index (χ0n) is 33.3. The first kappa shape index (κ1) is 48.7. The first-order chi connectivity index (χ1) is 25.3. The summed E-state index contributed by atoms with van der Waals surface area (Å²) in [6.45, 7) is 3.44. The maximum absolute atomic E-state index is 12.7. The van der Waals surface area contributed by atoms with Gasteiger partial charge in [-0.3, -0.25) is 9.59 Å². The van der Waals surface area contributed by atoms with E-state index in [1.807, 2.05) is 0 Å². The van der Waals surface area contributed by atoms with Crippen molar-refractivity contribution in [3.8, 4) is 0 Å². The van der Waals surface area contributed by atoms with Crippen molar-refractivity contribution in [2.45, 2.75) is 237 Å². The van der Waals surface area contributed by atoms with E-state index in [4.69, 9.17) is 18.9 Å². The smallest absolute Gasteiger partial charge is 0.306 e. The van der Waals surface area contributed by atoms with Crippen LogP contribution in [0.5, 0.6) is 0 Å². The van der Waals surface area contributed by atoms with Gasteiger partial charge in [0.05, 0.1) is 13.2 Å². The molecule has 0 unspecified atom stereocenters. The molecule has 0 aromatic heterocycles. The summed E-state index contributed by atoms with van der Waals surface area (Å²) in [5, 5.41) is 40.0. The minimum Gasteiger partial charge on any atom is -0.462 e. The summed E-state index contributed by atoms with van der Waals surface area (Å²) in [4.78, 5) is 25.2. The van der Waals surface area contributed by atoms with Crippen molar-refractivity contribution in [3.63, 3.8) is 0 Å². The van der Waals surface area contributed by atoms with Gasteiger partial charge in [-0.2, -0.15) is 0 Å². The Hall–Kier alpha value is -1.30. The predicted octanol–water partition coefficient (Wildman–Crippen LogP) is 8.61. The van der Waals surface area contributed by atoms with E-state index >= 15 is 0 Å². The van der Waals surface area contributed by atoms with Crippen LogP contribution in [0.3, 0.4) is 0 Å². The van der Waals surface area contributed by atoms with Crippen LogP contribution in [0.2, 0.25) is 0 Å². The molecule has 10 nitrogen and oxygen atoms in total. The van der Waals surface area contributed by atoms with Crippen LogP contribution in [0, 0.1) is 0 Å². The fraction of sp³-hybridized carbons (Fsp3) is 0.952. The highest BCUT2D eigenvalue weighted by Crippen LogP contribution is 2.23. The molecule has 0 bridgehead atoms. The van der Waals surface area contributed by atoms with Crippen LogP contribution in [-0.4, -0.2) is 89.0 Å². The Kier molecular flexibility index (Phi) is 32.1. The maximum Gasteiger partial charge on any atom is 0.306 e. The van der Waals surface area contributed by atoms with Gasteiger partial charge in [0, 0.05) is 12.8 Å². The van der Waals surface area contributed by atoms with Gasteiger partial charge in [-0.1, -0.05) is 174 Å². The molecule has 308 valence electrons. The van der Waals surface area contributed by atoms with Crippen LogP contribution in [0.4, 0.5) is 0 Å². The Morgan fingerprint density at radius 2 is 0.904 bits per heavy atom. The number of ether oxygens (including phenoxy) is 4.